The minimum absolute atomic E-state index is 0.155. The molecule has 24 heavy (non-hydrogen) atoms. The van der Waals surface area contributed by atoms with E-state index in [0.717, 1.165) is 20.5 Å². The van der Waals surface area contributed by atoms with Crippen LogP contribution in [-0.4, -0.2) is 18.0 Å². The number of esters is 1. The van der Waals surface area contributed by atoms with Crippen molar-refractivity contribution in [1.82, 2.24) is 0 Å². The van der Waals surface area contributed by atoms with E-state index in [1.807, 2.05) is 38.1 Å². The van der Waals surface area contributed by atoms with Crippen LogP contribution in [0.2, 0.25) is 0 Å². The fraction of sp³-hybridized carbons (Fsp3) is 0.333. The summed E-state index contributed by atoms with van der Waals surface area (Å²) in [6, 6.07) is 7.58. The highest BCUT2D eigenvalue weighted by atomic mass is 79.9. The molecular weight excluding hydrogens is 390 g/mol. The number of hydrogen-bond acceptors (Lipinski definition) is 4. The molecule has 0 saturated carbocycles. The Hall–Kier alpha value is -1.66. The Morgan fingerprint density at radius 2 is 1.83 bits per heavy atom. The lowest BCUT2D eigenvalue weighted by atomic mass is 10.1. The first kappa shape index (κ1) is 18.7. The molecule has 0 aliphatic carbocycles. The number of ether oxygens (including phenoxy) is 1. The van der Waals surface area contributed by atoms with Crippen LogP contribution in [0.3, 0.4) is 0 Å². The van der Waals surface area contributed by atoms with Crippen molar-refractivity contribution in [2.75, 3.05) is 5.32 Å². The van der Waals surface area contributed by atoms with Crippen LogP contribution in [-0.2, 0) is 16.0 Å². The third-order valence-corrected chi connectivity index (χ3v) is 5.11. The number of halogens is 1. The van der Waals surface area contributed by atoms with Crippen molar-refractivity contribution in [2.24, 2.45) is 0 Å². The Labute approximate surface area is 154 Å². The minimum atomic E-state index is -0.397. The number of carbonyl (C=O) groups is 2. The standard InChI is InChI=1S/C18H20BrNO3S/c1-10(2)23-18(22)16-11(3)12(4)24-17(16)20-15(21)9-13-5-7-14(19)8-6-13/h5-8,10H,9H2,1-4H3,(H,20,21). The van der Waals surface area contributed by atoms with Gasteiger partial charge in [-0.3, -0.25) is 4.79 Å². The molecule has 2 aromatic rings. The molecule has 0 fully saturated rings. The van der Waals surface area contributed by atoms with Crippen molar-refractivity contribution in [3.8, 4) is 0 Å². The molecule has 1 aromatic heterocycles. The number of aryl methyl sites for hydroxylation is 1. The number of amides is 1. The molecule has 1 aromatic carbocycles. The number of hydrogen-bond donors (Lipinski definition) is 1. The molecule has 0 saturated heterocycles. The van der Waals surface area contributed by atoms with E-state index >= 15 is 0 Å². The van der Waals surface area contributed by atoms with Gasteiger partial charge in [0.05, 0.1) is 18.1 Å². The molecule has 128 valence electrons. The van der Waals surface area contributed by atoms with Gasteiger partial charge in [-0.2, -0.15) is 0 Å². The van der Waals surface area contributed by atoms with E-state index in [-0.39, 0.29) is 18.4 Å². The van der Waals surface area contributed by atoms with Gasteiger partial charge in [0.25, 0.3) is 0 Å². The molecule has 6 heteroatoms. The van der Waals surface area contributed by atoms with Crippen molar-refractivity contribution in [1.29, 1.82) is 0 Å². The van der Waals surface area contributed by atoms with Gasteiger partial charge in [0.1, 0.15) is 5.00 Å². The summed E-state index contributed by atoms with van der Waals surface area (Å²) in [5.41, 5.74) is 2.21. The first-order chi connectivity index (χ1) is 11.3. The highest BCUT2D eigenvalue weighted by Gasteiger charge is 2.23. The fourth-order valence-corrected chi connectivity index (χ4v) is 3.52. The van der Waals surface area contributed by atoms with Crippen molar-refractivity contribution >= 4 is 44.1 Å². The first-order valence-corrected chi connectivity index (χ1v) is 9.24. The van der Waals surface area contributed by atoms with Crippen LogP contribution in [0.1, 0.15) is 40.2 Å². The molecule has 0 unspecified atom stereocenters. The Balaban J connectivity index is 2.16. The third-order valence-electron chi connectivity index (χ3n) is 3.46. The SMILES string of the molecule is Cc1sc(NC(=O)Cc2ccc(Br)cc2)c(C(=O)OC(C)C)c1C. The summed E-state index contributed by atoms with van der Waals surface area (Å²) in [7, 11) is 0. The molecule has 4 nitrogen and oxygen atoms in total. The largest absolute Gasteiger partial charge is 0.459 e. The van der Waals surface area contributed by atoms with Gasteiger partial charge in [0.15, 0.2) is 0 Å². The van der Waals surface area contributed by atoms with E-state index < -0.39 is 5.97 Å². The van der Waals surface area contributed by atoms with Crippen molar-refractivity contribution in [3.63, 3.8) is 0 Å². The second kappa shape index (κ2) is 7.94. The Kier molecular flexibility index (Phi) is 6.18. The van der Waals surface area contributed by atoms with Gasteiger partial charge >= 0.3 is 5.97 Å². The summed E-state index contributed by atoms with van der Waals surface area (Å²) < 4.78 is 6.26. The lowest BCUT2D eigenvalue weighted by molar-refractivity contribution is -0.115. The lowest BCUT2D eigenvalue weighted by Crippen LogP contribution is -2.18. The zero-order valence-electron chi connectivity index (χ0n) is 14.1. The van der Waals surface area contributed by atoms with Gasteiger partial charge in [-0.25, -0.2) is 4.79 Å². The Morgan fingerprint density at radius 3 is 2.42 bits per heavy atom. The van der Waals surface area contributed by atoms with Gasteiger partial charge < -0.3 is 10.1 Å². The summed E-state index contributed by atoms with van der Waals surface area (Å²) in [5, 5.41) is 3.41. The van der Waals surface area contributed by atoms with E-state index in [1.54, 1.807) is 13.8 Å². The topological polar surface area (TPSA) is 55.4 Å². The quantitative estimate of drug-likeness (QED) is 0.716. The maximum atomic E-state index is 12.3. The average molecular weight is 410 g/mol. The lowest BCUT2D eigenvalue weighted by Gasteiger charge is -2.10. The molecule has 1 amide bonds. The van der Waals surface area contributed by atoms with Crippen LogP contribution in [0.15, 0.2) is 28.7 Å². The van der Waals surface area contributed by atoms with E-state index in [2.05, 4.69) is 21.2 Å². The van der Waals surface area contributed by atoms with Crippen molar-refractivity contribution in [2.45, 2.75) is 40.2 Å². The number of thiophene rings is 1. The molecule has 0 atom stereocenters. The highest BCUT2D eigenvalue weighted by molar-refractivity contribution is 9.10. The number of anilines is 1. The molecule has 0 radical (unpaired) electrons. The van der Waals surface area contributed by atoms with Crippen LogP contribution in [0.4, 0.5) is 5.00 Å². The van der Waals surface area contributed by atoms with Crippen LogP contribution in [0.25, 0.3) is 0 Å². The molecule has 0 spiro atoms. The van der Waals surface area contributed by atoms with Crippen molar-refractivity contribution in [3.05, 3.63) is 50.3 Å². The summed E-state index contributed by atoms with van der Waals surface area (Å²) in [5.74, 6) is -0.553. The average Bonchev–Trinajstić information content (AvgIpc) is 2.75. The van der Waals surface area contributed by atoms with E-state index in [4.69, 9.17) is 4.74 Å². The number of carbonyl (C=O) groups excluding carboxylic acids is 2. The zero-order valence-corrected chi connectivity index (χ0v) is 16.5. The van der Waals surface area contributed by atoms with Gasteiger partial charge in [0, 0.05) is 9.35 Å². The number of rotatable bonds is 5. The second-order valence-electron chi connectivity index (χ2n) is 5.79. The molecule has 1 heterocycles. The second-order valence-corrected chi connectivity index (χ2v) is 7.93. The predicted molar refractivity (Wildman–Crippen MR) is 101 cm³/mol. The van der Waals surface area contributed by atoms with Crippen molar-refractivity contribution < 1.29 is 14.3 Å². The third kappa shape index (κ3) is 4.68. The maximum Gasteiger partial charge on any atom is 0.341 e. The molecular formula is C18H20BrNO3S. The summed E-state index contributed by atoms with van der Waals surface area (Å²) in [6.07, 6.45) is 0.0468. The van der Waals surface area contributed by atoms with Gasteiger partial charge in [0.2, 0.25) is 5.91 Å². The van der Waals surface area contributed by atoms with Gasteiger partial charge in [-0.15, -0.1) is 11.3 Å². The molecule has 0 aliphatic heterocycles. The van der Waals surface area contributed by atoms with Gasteiger partial charge in [-0.05, 0) is 51.0 Å². The normalized spacial score (nSPS) is 10.8. The van der Waals surface area contributed by atoms with E-state index in [0.29, 0.717) is 10.6 Å². The maximum absolute atomic E-state index is 12.3. The molecule has 2 rings (SSSR count). The van der Waals surface area contributed by atoms with Crippen LogP contribution in [0, 0.1) is 13.8 Å². The summed E-state index contributed by atoms with van der Waals surface area (Å²) in [4.78, 5) is 25.6. The number of nitrogens with one attached hydrogen (secondary N) is 1. The van der Waals surface area contributed by atoms with E-state index in [9.17, 15) is 9.59 Å². The first-order valence-electron chi connectivity index (χ1n) is 7.63. The zero-order chi connectivity index (χ0) is 17.9. The monoisotopic (exact) mass is 409 g/mol. The Morgan fingerprint density at radius 1 is 1.21 bits per heavy atom. The smallest absolute Gasteiger partial charge is 0.341 e. The van der Waals surface area contributed by atoms with Gasteiger partial charge in [-0.1, -0.05) is 28.1 Å². The molecule has 0 aliphatic rings. The van der Waals surface area contributed by atoms with E-state index in [1.165, 1.54) is 11.3 Å². The summed E-state index contributed by atoms with van der Waals surface area (Å²) in [6.45, 7) is 7.40. The minimum Gasteiger partial charge on any atom is -0.459 e. The summed E-state index contributed by atoms with van der Waals surface area (Å²) >= 11 is 4.77. The fourth-order valence-electron chi connectivity index (χ4n) is 2.19. The van der Waals surface area contributed by atoms with Crippen LogP contribution >= 0.6 is 27.3 Å². The molecule has 1 N–H and O–H groups in total. The van der Waals surface area contributed by atoms with Crippen LogP contribution in [0.5, 0.6) is 0 Å². The van der Waals surface area contributed by atoms with Crippen LogP contribution < -0.4 is 5.32 Å². The predicted octanol–water partition coefficient (Wildman–Crippen LogP) is 4.87. The molecule has 0 bridgehead atoms. The number of benzene rings is 1. The highest BCUT2D eigenvalue weighted by Crippen LogP contribution is 2.33. The Bertz CT molecular complexity index is 750.